The zero-order valence-electron chi connectivity index (χ0n) is 15.6. The minimum absolute atomic E-state index is 0.0158. The topological polar surface area (TPSA) is 75.7 Å². The Balaban J connectivity index is 1.78. The first-order valence-corrected chi connectivity index (χ1v) is 11.3. The molecule has 1 atom stereocenters. The van der Waals surface area contributed by atoms with Crippen LogP contribution in [0.1, 0.15) is 18.9 Å². The maximum absolute atomic E-state index is 12.9. The van der Waals surface area contributed by atoms with Gasteiger partial charge in [-0.2, -0.15) is 0 Å². The van der Waals surface area contributed by atoms with Crippen LogP contribution in [-0.4, -0.2) is 43.5 Å². The van der Waals surface area contributed by atoms with Crippen molar-refractivity contribution in [3.05, 3.63) is 59.1 Å². The van der Waals surface area contributed by atoms with Gasteiger partial charge in [-0.1, -0.05) is 23.7 Å². The molecule has 1 aliphatic heterocycles. The van der Waals surface area contributed by atoms with Crippen LogP contribution in [-0.2, 0) is 16.4 Å². The smallest absolute Gasteiger partial charge is 0.322 e. The largest absolute Gasteiger partial charge is 0.494 e. The van der Waals surface area contributed by atoms with Crippen molar-refractivity contribution in [3.63, 3.8) is 0 Å². The number of amides is 2. The molecule has 0 aliphatic carbocycles. The van der Waals surface area contributed by atoms with Crippen LogP contribution in [0.2, 0.25) is 5.02 Å². The lowest BCUT2D eigenvalue weighted by atomic mass is 10.1. The third-order valence-electron chi connectivity index (χ3n) is 4.59. The molecule has 0 saturated carbocycles. The van der Waals surface area contributed by atoms with E-state index in [0.717, 1.165) is 11.3 Å². The maximum atomic E-state index is 12.9. The Bertz CT molecular complexity index is 914. The van der Waals surface area contributed by atoms with Gasteiger partial charge in [0.05, 0.1) is 18.1 Å². The average molecular weight is 423 g/mol. The third-order valence-corrected chi connectivity index (χ3v) is 6.60. The summed E-state index contributed by atoms with van der Waals surface area (Å²) in [6, 6.07) is 13.6. The van der Waals surface area contributed by atoms with Crippen LogP contribution >= 0.6 is 11.6 Å². The highest BCUT2D eigenvalue weighted by atomic mass is 35.5. The molecule has 8 heteroatoms. The van der Waals surface area contributed by atoms with E-state index in [4.69, 9.17) is 16.3 Å². The van der Waals surface area contributed by atoms with Crippen LogP contribution in [0.15, 0.2) is 48.5 Å². The predicted molar refractivity (Wildman–Crippen MR) is 111 cm³/mol. The lowest BCUT2D eigenvalue weighted by Gasteiger charge is -2.28. The molecule has 0 spiro atoms. The van der Waals surface area contributed by atoms with Crippen molar-refractivity contribution in [1.82, 2.24) is 4.90 Å². The molecular formula is C20H23ClN2O4S. The summed E-state index contributed by atoms with van der Waals surface area (Å²) in [4.78, 5) is 14.5. The summed E-state index contributed by atoms with van der Waals surface area (Å²) in [6.07, 6.45) is 0.438. The minimum Gasteiger partial charge on any atom is -0.494 e. The summed E-state index contributed by atoms with van der Waals surface area (Å²) in [7, 11) is -3.12. The van der Waals surface area contributed by atoms with Crippen LogP contribution in [0.5, 0.6) is 5.75 Å². The molecule has 0 radical (unpaired) electrons. The van der Waals surface area contributed by atoms with E-state index in [1.54, 1.807) is 29.2 Å². The van der Waals surface area contributed by atoms with Crippen LogP contribution in [0.4, 0.5) is 10.5 Å². The van der Waals surface area contributed by atoms with Gasteiger partial charge in [-0.25, -0.2) is 13.2 Å². The van der Waals surface area contributed by atoms with Crippen molar-refractivity contribution in [3.8, 4) is 5.75 Å². The number of carbonyl (C=O) groups excluding carboxylic acids is 1. The fraction of sp³-hybridized carbons (Fsp3) is 0.350. The molecule has 2 aromatic carbocycles. The highest BCUT2D eigenvalue weighted by Crippen LogP contribution is 2.23. The Labute approximate surface area is 170 Å². The number of ether oxygens (including phenoxy) is 1. The summed E-state index contributed by atoms with van der Waals surface area (Å²) in [6.45, 7) is 2.80. The number of hydrogen-bond acceptors (Lipinski definition) is 4. The van der Waals surface area contributed by atoms with Crippen molar-refractivity contribution >= 4 is 33.2 Å². The second-order valence-electron chi connectivity index (χ2n) is 6.70. The van der Waals surface area contributed by atoms with E-state index in [1.807, 2.05) is 31.2 Å². The van der Waals surface area contributed by atoms with Crippen molar-refractivity contribution < 1.29 is 17.9 Å². The van der Waals surface area contributed by atoms with Gasteiger partial charge in [-0.05, 0) is 55.3 Å². The summed E-state index contributed by atoms with van der Waals surface area (Å²) < 4.78 is 29.3. The molecule has 0 bridgehead atoms. The molecule has 1 heterocycles. The Morgan fingerprint density at radius 3 is 2.43 bits per heavy atom. The van der Waals surface area contributed by atoms with Crippen LogP contribution in [0, 0.1) is 0 Å². The lowest BCUT2D eigenvalue weighted by Crippen LogP contribution is -2.43. The molecule has 2 aromatic rings. The number of carbonyl (C=O) groups is 1. The van der Waals surface area contributed by atoms with E-state index in [-0.39, 0.29) is 23.6 Å². The van der Waals surface area contributed by atoms with Crippen molar-refractivity contribution in [1.29, 1.82) is 0 Å². The first-order chi connectivity index (χ1) is 13.4. The predicted octanol–water partition coefficient (Wildman–Crippen LogP) is 3.96. The molecule has 1 N–H and O–H groups in total. The summed E-state index contributed by atoms with van der Waals surface area (Å²) in [5.74, 6) is 0.843. The second-order valence-corrected chi connectivity index (χ2v) is 9.36. The van der Waals surface area contributed by atoms with Crippen molar-refractivity contribution in [2.24, 2.45) is 0 Å². The van der Waals surface area contributed by atoms with Crippen LogP contribution in [0.3, 0.4) is 0 Å². The second kappa shape index (κ2) is 8.84. The maximum Gasteiger partial charge on any atom is 0.322 e. The fourth-order valence-electron chi connectivity index (χ4n) is 3.17. The zero-order chi connectivity index (χ0) is 20.1. The first-order valence-electron chi connectivity index (χ1n) is 9.11. The fourth-order valence-corrected chi connectivity index (χ4v) is 5.03. The monoisotopic (exact) mass is 422 g/mol. The van der Waals surface area contributed by atoms with E-state index in [9.17, 15) is 13.2 Å². The quantitative estimate of drug-likeness (QED) is 0.764. The van der Waals surface area contributed by atoms with Gasteiger partial charge in [0.1, 0.15) is 5.75 Å². The van der Waals surface area contributed by atoms with Gasteiger partial charge in [-0.15, -0.1) is 0 Å². The number of nitrogens with zero attached hydrogens (tertiary/aromatic N) is 1. The lowest BCUT2D eigenvalue weighted by molar-refractivity contribution is 0.190. The van der Waals surface area contributed by atoms with Gasteiger partial charge in [0.15, 0.2) is 9.84 Å². The highest BCUT2D eigenvalue weighted by molar-refractivity contribution is 7.91. The minimum atomic E-state index is -3.12. The number of sulfone groups is 1. The van der Waals surface area contributed by atoms with Gasteiger partial charge < -0.3 is 15.0 Å². The molecule has 3 rings (SSSR count). The van der Waals surface area contributed by atoms with Gasteiger partial charge in [0.25, 0.3) is 0 Å². The van der Waals surface area contributed by atoms with E-state index in [2.05, 4.69) is 5.32 Å². The molecule has 0 aromatic heterocycles. The molecular weight excluding hydrogens is 400 g/mol. The van der Waals surface area contributed by atoms with E-state index in [0.29, 0.717) is 30.3 Å². The van der Waals surface area contributed by atoms with Gasteiger partial charge in [0.2, 0.25) is 0 Å². The van der Waals surface area contributed by atoms with Gasteiger partial charge >= 0.3 is 6.03 Å². The van der Waals surface area contributed by atoms with Gasteiger partial charge in [-0.3, -0.25) is 0 Å². The number of benzene rings is 2. The van der Waals surface area contributed by atoms with Gasteiger partial charge in [0, 0.05) is 23.3 Å². The number of urea groups is 1. The molecule has 1 aliphatic rings. The number of anilines is 1. The number of nitrogens with one attached hydrogen (secondary N) is 1. The Morgan fingerprint density at radius 2 is 1.86 bits per heavy atom. The summed E-state index contributed by atoms with van der Waals surface area (Å²) in [5, 5.41) is 3.41. The molecule has 150 valence electrons. The standard InChI is InChI=1S/C20H23ClN2O4S/c1-2-27-19-9-3-15(4-10-19)13-23(18-11-12-28(25,26)14-18)20(24)22-17-7-5-16(21)6-8-17/h3-10,18H,2,11-14H2,1H3,(H,22,24). The molecule has 2 amide bonds. The Kier molecular flexibility index (Phi) is 6.46. The Hall–Kier alpha value is -2.25. The highest BCUT2D eigenvalue weighted by Gasteiger charge is 2.34. The molecule has 1 fully saturated rings. The zero-order valence-corrected chi connectivity index (χ0v) is 17.2. The summed E-state index contributed by atoms with van der Waals surface area (Å²) in [5.41, 5.74) is 1.51. The molecule has 1 saturated heterocycles. The summed E-state index contributed by atoms with van der Waals surface area (Å²) >= 11 is 5.89. The van der Waals surface area contributed by atoms with E-state index >= 15 is 0 Å². The average Bonchev–Trinajstić information content (AvgIpc) is 3.02. The third kappa shape index (κ3) is 5.39. The number of halogens is 1. The SMILES string of the molecule is CCOc1ccc(CN(C(=O)Nc2ccc(Cl)cc2)C2CCS(=O)(=O)C2)cc1. The Morgan fingerprint density at radius 1 is 1.18 bits per heavy atom. The van der Waals surface area contributed by atoms with E-state index in [1.165, 1.54) is 0 Å². The van der Waals surface area contributed by atoms with Crippen LogP contribution in [0.25, 0.3) is 0 Å². The van der Waals surface area contributed by atoms with E-state index < -0.39 is 9.84 Å². The molecule has 6 nitrogen and oxygen atoms in total. The first kappa shape index (κ1) is 20.5. The van der Waals surface area contributed by atoms with Crippen LogP contribution < -0.4 is 10.1 Å². The van der Waals surface area contributed by atoms with Crippen molar-refractivity contribution in [2.75, 3.05) is 23.4 Å². The molecule has 28 heavy (non-hydrogen) atoms. The number of rotatable bonds is 6. The normalized spacial score (nSPS) is 17.9. The molecule has 1 unspecified atom stereocenters. The van der Waals surface area contributed by atoms with Crippen molar-refractivity contribution in [2.45, 2.75) is 25.9 Å². The number of hydrogen-bond donors (Lipinski definition) is 1.